The van der Waals surface area contributed by atoms with Crippen molar-refractivity contribution < 1.29 is 19.4 Å². The number of nitrogens with zero attached hydrogens (tertiary/aromatic N) is 1. The summed E-state index contributed by atoms with van der Waals surface area (Å²) in [5.74, 6) is -0.617. The number of nitrogens with one attached hydrogen (secondary N) is 1. The Labute approximate surface area is 115 Å². The summed E-state index contributed by atoms with van der Waals surface area (Å²) in [6, 6.07) is 1.36. The van der Waals surface area contributed by atoms with Crippen LogP contribution in [0.25, 0.3) is 0 Å². The number of rotatable bonds is 5. The van der Waals surface area contributed by atoms with Crippen molar-refractivity contribution in [1.82, 2.24) is 4.98 Å². The number of ether oxygens (including phenoxy) is 2. The quantitative estimate of drug-likeness (QED) is 0.857. The minimum absolute atomic E-state index is 0.0567. The fourth-order valence-electron chi connectivity index (χ4n) is 1.89. The third kappa shape index (κ3) is 3.15. The number of carboxylic acids is 1. The van der Waals surface area contributed by atoms with Gasteiger partial charge in [0.25, 0.3) is 0 Å². The first-order valence-electron chi connectivity index (χ1n) is 5.82. The molecular weight excluding hydrogens is 272 g/mol. The maximum Gasteiger partial charge on any atom is 0.337 e. The minimum atomic E-state index is -1.06. The monoisotopic (exact) mass is 286 g/mol. The van der Waals surface area contributed by atoms with Crippen LogP contribution >= 0.6 is 11.6 Å². The fourth-order valence-corrected chi connectivity index (χ4v) is 2.12. The number of aromatic carboxylic acids is 1. The molecule has 104 valence electrons. The van der Waals surface area contributed by atoms with Crippen molar-refractivity contribution in [3.63, 3.8) is 0 Å². The lowest BCUT2D eigenvalue weighted by molar-refractivity contribution is -0.00625. The average molecular weight is 287 g/mol. The van der Waals surface area contributed by atoms with E-state index in [1.807, 2.05) is 0 Å². The highest BCUT2D eigenvalue weighted by molar-refractivity contribution is 6.33. The summed E-state index contributed by atoms with van der Waals surface area (Å²) in [5.41, 5.74) is -0.322. The molecule has 2 heterocycles. The highest BCUT2D eigenvalue weighted by Gasteiger charge is 2.34. The Bertz CT molecular complexity index is 475. The van der Waals surface area contributed by atoms with Crippen molar-refractivity contribution >= 4 is 23.4 Å². The molecule has 1 atom stereocenters. The highest BCUT2D eigenvalue weighted by Crippen LogP contribution is 2.25. The number of carboxylic acid groups (broad SMARTS) is 1. The molecule has 2 N–H and O–H groups in total. The first kappa shape index (κ1) is 14.0. The summed E-state index contributed by atoms with van der Waals surface area (Å²) in [4.78, 5) is 14.8. The minimum Gasteiger partial charge on any atom is -0.478 e. The van der Waals surface area contributed by atoms with Gasteiger partial charge in [-0.05, 0) is 6.07 Å². The topological polar surface area (TPSA) is 80.7 Å². The Kier molecular flexibility index (Phi) is 4.24. The number of halogens is 1. The van der Waals surface area contributed by atoms with Crippen LogP contribution in [0.4, 0.5) is 5.82 Å². The molecule has 1 aromatic heterocycles. The zero-order chi connectivity index (χ0) is 13.9. The van der Waals surface area contributed by atoms with Crippen LogP contribution in [0.3, 0.4) is 0 Å². The normalized spacial score (nSPS) is 22.4. The van der Waals surface area contributed by atoms with Gasteiger partial charge in [-0.1, -0.05) is 11.6 Å². The number of hydrogen-bond acceptors (Lipinski definition) is 5. The molecule has 0 radical (unpaired) electrons. The second kappa shape index (κ2) is 5.73. The number of pyridine rings is 1. The van der Waals surface area contributed by atoms with Gasteiger partial charge in [0.2, 0.25) is 0 Å². The molecule has 0 spiro atoms. The van der Waals surface area contributed by atoms with E-state index in [9.17, 15) is 4.79 Å². The van der Waals surface area contributed by atoms with E-state index in [0.29, 0.717) is 25.6 Å². The van der Waals surface area contributed by atoms with Crippen molar-refractivity contribution in [3.05, 3.63) is 22.8 Å². The largest absolute Gasteiger partial charge is 0.478 e. The van der Waals surface area contributed by atoms with Gasteiger partial charge in [0.05, 0.1) is 17.2 Å². The molecule has 0 aliphatic carbocycles. The van der Waals surface area contributed by atoms with Gasteiger partial charge < -0.3 is 19.9 Å². The van der Waals surface area contributed by atoms with Crippen LogP contribution in [0.15, 0.2) is 12.3 Å². The second-order valence-corrected chi connectivity index (χ2v) is 4.81. The molecule has 1 saturated heterocycles. The average Bonchev–Trinajstić information content (AvgIpc) is 2.86. The molecule has 7 heteroatoms. The van der Waals surface area contributed by atoms with Gasteiger partial charge in [0.1, 0.15) is 11.4 Å². The van der Waals surface area contributed by atoms with E-state index in [1.54, 1.807) is 7.11 Å². The molecule has 1 aliphatic rings. The Morgan fingerprint density at radius 2 is 2.53 bits per heavy atom. The molecule has 1 aliphatic heterocycles. The smallest absolute Gasteiger partial charge is 0.337 e. The second-order valence-electron chi connectivity index (χ2n) is 4.40. The van der Waals surface area contributed by atoms with Gasteiger partial charge in [0, 0.05) is 32.9 Å². The molecule has 1 unspecified atom stereocenters. The molecule has 0 aromatic carbocycles. The third-order valence-corrected chi connectivity index (χ3v) is 3.45. The Balaban J connectivity index is 2.05. The highest BCUT2D eigenvalue weighted by atomic mass is 35.5. The predicted octanol–water partition coefficient (Wildman–Crippen LogP) is 1.65. The molecule has 1 aromatic rings. The van der Waals surface area contributed by atoms with Crippen molar-refractivity contribution in [2.75, 3.05) is 32.2 Å². The van der Waals surface area contributed by atoms with E-state index < -0.39 is 5.97 Å². The number of carbonyl (C=O) groups is 1. The van der Waals surface area contributed by atoms with E-state index in [1.165, 1.54) is 12.3 Å². The van der Waals surface area contributed by atoms with E-state index in [0.717, 1.165) is 6.42 Å². The summed E-state index contributed by atoms with van der Waals surface area (Å²) in [7, 11) is 1.64. The summed E-state index contributed by atoms with van der Waals surface area (Å²) in [5, 5.41) is 12.2. The lowest BCUT2D eigenvalue weighted by Gasteiger charge is -2.26. The van der Waals surface area contributed by atoms with Crippen LogP contribution in [0.1, 0.15) is 16.8 Å². The molecular formula is C12H15ClN2O4. The standard InChI is InChI=1S/C12H15ClN2O4/c1-18-12(2-3-19-7-12)6-15-10-9(13)4-8(5-14-10)11(16)17/h4-5H,2-3,6-7H2,1H3,(H,14,15)(H,16,17). The van der Waals surface area contributed by atoms with Gasteiger partial charge in [-0.2, -0.15) is 0 Å². The molecule has 1 fully saturated rings. The molecule has 2 rings (SSSR count). The first-order chi connectivity index (χ1) is 9.06. The predicted molar refractivity (Wildman–Crippen MR) is 69.9 cm³/mol. The van der Waals surface area contributed by atoms with Crippen LogP contribution in [-0.2, 0) is 9.47 Å². The Morgan fingerprint density at radius 1 is 1.74 bits per heavy atom. The summed E-state index contributed by atoms with van der Waals surface area (Å²) in [6.45, 7) is 1.68. The lowest BCUT2D eigenvalue weighted by Crippen LogP contribution is -2.39. The number of anilines is 1. The molecule has 6 nitrogen and oxygen atoms in total. The van der Waals surface area contributed by atoms with Gasteiger partial charge >= 0.3 is 5.97 Å². The van der Waals surface area contributed by atoms with Gasteiger partial charge in [-0.3, -0.25) is 0 Å². The van der Waals surface area contributed by atoms with Crippen LogP contribution in [0, 0.1) is 0 Å². The maximum absolute atomic E-state index is 10.8. The summed E-state index contributed by atoms with van der Waals surface area (Å²) in [6.07, 6.45) is 2.06. The van der Waals surface area contributed by atoms with Gasteiger partial charge in [0.15, 0.2) is 0 Å². The number of aromatic nitrogens is 1. The molecule has 0 bridgehead atoms. The van der Waals surface area contributed by atoms with E-state index in [2.05, 4.69) is 10.3 Å². The molecule has 19 heavy (non-hydrogen) atoms. The van der Waals surface area contributed by atoms with Crippen LogP contribution in [-0.4, -0.2) is 48.5 Å². The van der Waals surface area contributed by atoms with E-state index in [-0.39, 0.29) is 16.2 Å². The third-order valence-electron chi connectivity index (χ3n) is 3.17. The fraction of sp³-hybridized carbons (Fsp3) is 0.500. The Morgan fingerprint density at radius 3 is 3.05 bits per heavy atom. The van der Waals surface area contributed by atoms with Crippen molar-refractivity contribution in [2.24, 2.45) is 0 Å². The lowest BCUT2D eigenvalue weighted by atomic mass is 10.0. The summed E-state index contributed by atoms with van der Waals surface area (Å²) < 4.78 is 10.8. The van der Waals surface area contributed by atoms with Crippen LogP contribution in [0.2, 0.25) is 5.02 Å². The van der Waals surface area contributed by atoms with E-state index in [4.69, 9.17) is 26.2 Å². The van der Waals surface area contributed by atoms with Crippen molar-refractivity contribution in [3.8, 4) is 0 Å². The maximum atomic E-state index is 10.8. The van der Waals surface area contributed by atoms with E-state index >= 15 is 0 Å². The number of hydrogen-bond donors (Lipinski definition) is 2. The number of methoxy groups -OCH3 is 1. The van der Waals surface area contributed by atoms with Gasteiger partial charge in [-0.25, -0.2) is 9.78 Å². The summed E-state index contributed by atoms with van der Waals surface area (Å²) >= 11 is 5.99. The zero-order valence-electron chi connectivity index (χ0n) is 10.5. The Hall–Kier alpha value is -1.37. The molecule has 0 saturated carbocycles. The van der Waals surface area contributed by atoms with Crippen molar-refractivity contribution in [1.29, 1.82) is 0 Å². The zero-order valence-corrected chi connectivity index (χ0v) is 11.2. The first-order valence-corrected chi connectivity index (χ1v) is 6.20. The molecule has 0 amide bonds. The van der Waals surface area contributed by atoms with Crippen LogP contribution < -0.4 is 5.32 Å². The van der Waals surface area contributed by atoms with Crippen LogP contribution in [0.5, 0.6) is 0 Å². The SMILES string of the molecule is COC1(CNc2ncc(C(=O)O)cc2Cl)CCOC1. The van der Waals surface area contributed by atoms with Gasteiger partial charge in [-0.15, -0.1) is 0 Å². The van der Waals surface area contributed by atoms with Crippen molar-refractivity contribution in [2.45, 2.75) is 12.0 Å².